The maximum Gasteiger partial charge on any atom is 0.417 e. The van der Waals surface area contributed by atoms with E-state index in [1.165, 1.54) is 6.08 Å². The van der Waals surface area contributed by atoms with Gasteiger partial charge >= 0.3 is 6.09 Å². The predicted octanol–water partition coefficient (Wildman–Crippen LogP) is 3.13. The molecule has 2 aromatic carbocycles. The van der Waals surface area contributed by atoms with E-state index in [0.29, 0.717) is 13.0 Å². The van der Waals surface area contributed by atoms with Crippen molar-refractivity contribution in [2.75, 3.05) is 13.1 Å². The molecule has 0 radical (unpaired) electrons. The Morgan fingerprint density at radius 3 is 2.17 bits per heavy atom. The Bertz CT molecular complexity index is 1300. The molecule has 250 valence electrons. The van der Waals surface area contributed by atoms with Crippen molar-refractivity contribution in [3.63, 3.8) is 0 Å². The van der Waals surface area contributed by atoms with Crippen LogP contribution in [0.1, 0.15) is 58.1 Å². The molecule has 0 aromatic heterocycles. The number of guanidine groups is 1. The third kappa shape index (κ3) is 13.5. The summed E-state index contributed by atoms with van der Waals surface area (Å²) in [7, 11) is 0. The molecule has 0 saturated heterocycles. The molecule has 8 N–H and O–H groups in total. The molecule has 0 aliphatic carbocycles. The maximum absolute atomic E-state index is 14.2. The molecule has 4 amide bonds. The lowest BCUT2D eigenvalue weighted by atomic mass is 9.98. The molecule has 0 heterocycles. The molecule has 0 aliphatic heterocycles. The van der Waals surface area contributed by atoms with E-state index in [1.54, 1.807) is 18.2 Å². The molecule has 2 aromatic rings. The van der Waals surface area contributed by atoms with Crippen LogP contribution in [0.15, 0.2) is 66.7 Å². The molecule has 0 fully saturated rings. The maximum atomic E-state index is 14.2. The normalized spacial score (nSPS) is 13.1. The van der Waals surface area contributed by atoms with Crippen LogP contribution in [0.5, 0.6) is 0 Å². The van der Waals surface area contributed by atoms with Gasteiger partial charge in [0.2, 0.25) is 11.8 Å². The van der Waals surface area contributed by atoms with E-state index >= 15 is 0 Å². The van der Waals surface area contributed by atoms with E-state index in [2.05, 4.69) is 16.0 Å². The first kappa shape index (κ1) is 37.5. The van der Waals surface area contributed by atoms with E-state index in [-0.39, 0.29) is 43.8 Å². The zero-order valence-corrected chi connectivity index (χ0v) is 27.2. The average Bonchev–Trinajstić information content (AvgIpc) is 3.02. The number of nitrogens with one attached hydrogen (secondary N) is 4. The lowest BCUT2D eigenvalue weighted by Crippen LogP contribution is -2.59. The Hall–Kier alpha value is -4.71. The van der Waals surface area contributed by atoms with Crippen LogP contribution in [0.25, 0.3) is 6.08 Å². The van der Waals surface area contributed by atoms with Crippen molar-refractivity contribution in [3.05, 3.63) is 77.9 Å². The second-order valence-electron chi connectivity index (χ2n) is 11.8. The van der Waals surface area contributed by atoms with Gasteiger partial charge < -0.3 is 32.2 Å². The Morgan fingerprint density at radius 1 is 0.957 bits per heavy atom. The van der Waals surface area contributed by atoms with Crippen LogP contribution in [0.3, 0.4) is 0 Å². The first-order chi connectivity index (χ1) is 21.9. The molecular weight excluding hydrogens is 586 g/mol. The van der Waals surface area contributed by atoms with Crippen molar-refractivity contribution >= 4 is 35.9 Å². The van der Waals surface area contributed by atoms with Gasteiger partial charge in [0.25, 0.3) is 5.91 Å². The highest BCUT2D eigenvalue weighted by Crippen LogP contribution is 2.18. The second kappa shape index (κ2) is 19.6. The summed E-state index contributed by atoms with van der Waals surface area (Å²) >= 11 is 0. The summed E-state index contributed by atoms with van der Waals surface area (Å²) in [6.07, 6.45) is 3.18. The lowest BCUT2D eigenvalue weighted by molar-refractivity contribution is -0.138. The number of carbonyl (C=O) groups is 4. The van der Waals surface area contributed by atoms with Crippen LogP contribution in [-0.2, 0) is 25.7 Å². The number of hydrogen-bond acceptors (Lipinski definition) is 7. The number of imide groups is 1. The summed E-state index contributed by atoms with van der Waals surface area (Å²) in [5.74, 6) is -2.07. The minimum absolute atomic E-state index is 0.0206. The number of nitrogens with zero attached hydrogens (tertiary/aromatic N) is 1. The van der Waals surface area contributed by atoms with Gasteiger partial charge in [-0.2, -0.15) is 0 Å². The molecule has 12 nitrogen and oxygen atoms in total. The van der Waals surface area contributed by atoms with Gasteiger partial charge in [0.05, 0.1) is 12.1 Å². The van der Waals surface area contributed by atoms with Crippen molar-refractivity contribution in [2.45, 2.75) is 71.7 Å². The topological polar surface area (TPSA) is 193 Å². The number of hydrogen-bond donors (Lipinski definition) is 6. The van der Waals surface area contributed by atoms with Crippen molar-refractivity contribution in [2.24, 2.45) is 23.3 Å². The summed E-state index contributed by atoms with van der Waals surface area (Å²) in [6.45, 7) is 7.74. The van der Waals surface area contributed by atoms with Gasteiger partial charge in [-0.15, -0.1) is 0 Å². The van der Waals surface area contributed by atoms with Crippen LogP contribution in [0, 0.1) is 17.2 Å². The minimum atomic E-state index is -1.08. The Labute approximate surface area is 271 Å². The smallest absolute Gasteiger partial charge is 0.417 e. The fraction of sp³-hybridized carbons (Fsp3) is 0.441. The quantitative estimate of drug-likeness (QED) is 0.0661. The molecule has 0 saturated carbocycles. The van der Waals surface area contributed by atoms with Gasteiger partial charge in [-0.05, 0) is 48.3 Å². The Kier molecular flexibility index (Phi) is 16.0. The molecule has 46 heavy (non-hydrogen) atoms. The fourth-order valence-electron chi connectivity index (χ4n) is 4.62. The third-order valence-corrected chi connectivity index (χ3v) is 7.12. The monoisotopic (exact) mass is 635 g/mol. The standard InChI is InChI=1S/C34H49N7O5/c1-23(2)20-28(40-31(43)27(35)16-11-19-38-33(36)37)32(44)41(34(45)46-22-26-14-9-6-10-15-26)29(24(3)4)21-39-30(42)18-17-25-12-7-5-8-13-25/h5-10,12-15,17-18,23-24,27-29H,11,16,19-22,35H2,1-4H3,(H,39,42)(H,40,43)(H4,36,37,38)/b18-17+/t27-,28-,29+/m0/s1. The molecule has 0 spiro atoms. The zero-order valence-electron chi connectivity index (χ0n) is 27.2. The summed E-state index contributed by atoms with van der Waals surface area (Å²) in [5, 5.41) is 15.5. The van der Waals surface area contributed by atoms with E-state index < -0.39 is 41.9 Å². The summed E-state index contributed by atoms with van der Waals surface area (Å²) < 4.78 is 5.61. The zero-order chi connectivity index (χ0) is 34.1. The van der Waals surface area contributed by atoms with E-state index in [9.17, 15) is 19.2 Å². The van der Waals surface area contributed by atoms with Crippen LogP contribution in [0.4, 0.5) is 4.79 Å². The molecule has 0 bridgehead atoms. The highest BCUT2D eigenvalue weighted by molar-refractivity contribution is 5.98. The van der Waals surface area contributed by atoms with Crippen LogP contribution in [0.2, 0.25) is 0 Å². The number of amides is 4. The number of rotatable bonds is 17. The number of benzene rings is 2. The van der Waals surface area contributed by atoms with E-state index in [0.717, 1.165) is 16.0 Å². The number of nitrogens with two attached hydrogens (primary N) is 2. The van der Waals surface area contributed by atoms with E-state index in [1.807, 2.05) is 76.2 Å². The fourth-order valence-corrected chi connectivity index (χ4v) is 4.62. The molecule has 2 rings (SSSR count). The van der Waals surface area contributed by atoms with Crippen LogP contribution in [-0.4, -0.2) is 65.9 Å². The Morgan fingerprint density at radius 2 is 1.59 bits per heavy atom. The molecule has 0 aliphatic rings. The van der Waals surface area contributed by atoms with Gasteiger partial charge in [0.1, 0.15) is 12.6 Å². The third-order valence-electron chi connectivity index (χ3n) is 7.12. The van der Waals surface area contributed by atoms with Crippen molar-refractivity contribution in [3.8, 4) is 0 Å². The molecule has 3 atom stereocenters. The van der Waals surface area contributed by atoms with Gasteiger partial charge in [0, 0.05) is 19.2 Å². The van der Waals surface area contributed by atoms with Gasteiger partial charge in [-0.1, -0.05) is 88.4 Å². The molecule has 12 heteroatoms. The van der Waals surface area contributed by atoms with Gasteiger partial charge in [0.15, 0.2) is 5.96 Å². The SMILES string of the molecule is CC(C)C[C@H](NC(=O)[C@@H](N)CCCNC(=N)N)C(=O)N(C(=O)OCc1ccccc1)[C@H](CNC(=O)/C=C/c1ccccc1)C(C)C. The van der Waals surface area contributed by atoms with Crippen molar-refractivity contribution in [1.82, 2.24) is 20.9 Å². The predicted molar refractivity (Wildman–Crippen MR) is 179 cm³/mol. The van der Waals surface area contributed by atoms with Gasteiger partial charge in [-0.3, -0.25) is 19.8 Å². The number of carbonyl (C=O) groups excluding carboxylic acids is 4. The first-order valence-electron chi connectivity index (χ1n) is 15.6. The Balaban J connectivity index is 2.29. The summed E-state index contributed by atoms with van der Waals surface area (Å²) in [6, 6.07) is 15.6. The van der Waals surface area contributed by atoms with Gasteiger partial charge in [-0.25, -0.2) is 9.69 Å². The largest absolute Gasteiger partial charge is 0.444 e. The van der Waals surface area contributed by atoms with Crippen LogP contribution < -0.4 is 27.4 Å². The highest BCUT2D eigenvalue weighted by Gasteiger charge is 2.38. The average molecular weight is 636 g/mol. The van der Waals surface area contributed by atoms with Crippen LogP contribution >= 0.6 is 0 Å². The highest BCUT2D eigenvalue weighted by atomic mass is 16.6. The molecule has 0 unspecified atom stereocenters. The number of ether oxygens (including phenoxy) is 1. The second-order valence-corrected chi connectivity index (χ2v) is 11.8. The summed E-state index contributed by atoms with van der Waals surface area (Å²) in [5.41, 5.74) is 13.0. The minimum Gasteiger partial charge on any atom is -0.444 e. The van der Waals surface area contributed by atoms with Crippen molar-refractivity contribution < 1.29 is 23.9 Å². The lowest BCUT2D eigenvalue weighted by Gasteiger charge is -2.35. The van der Waals surface area contributed by atoms with E-state index in [4.69, 9.17) is 21.6 Å². The summed E-state index contributed by atoms with van der Waals surface area (Å²) in [4.78, 5) is 54.8. The first-order valence-corrected chi connectivity index (χ1v) is 15.6. The van der Waals surface area contributed by atoms with Crippen molar-refractivity contribution in [1.29, 1.82) is 5.41 Å². The molecular formula is C34H49N7O5.